The van der Waals surface area contributed by atoms with Gasteiger partial charge in [0.2, 0.25) is 0 Å². The Balaban J connectivity index is 1.52. The molecule has 0 atom stereocenters. The van der Waals surface area contributed by atoms with Gasteiger partial charge in [0, 0.05) is 38.2 Å². The Morgan fingerprint density at radius 3 is 1.71 bits per heavy atom. The molecule has 10 rings (SSSR count). The molecule has 0 aliphatic carbocycles. The second-order valence-electron chi connectivity index (χ2n) is 9.77. The van der Waals surface area contributed by atoms with Gasteiger partial charge >= 0.3 is 0 Å². The van der Waals surface area contributed by atoms with E-state index in [0.717, 1.165) is 9.13 Å². The molecule has 7 aromatic carbocycles. The molecule has 0 spiro atoms. The van der Waals surface area contributed by atoms with Crippen LogP contribution in [0.2, 0.25) is 0 Å². The molecule has 0 amide bonds. The van der Waals surface area contributed by atoms with Gasteiger partial charge in [0.05, 0.1) is 68.8 Å². The van der Waals surface area contributed by atoms with Crippen LogP contribution in [-0.4, -0.2) is 9.13 Å². The normalized spacial score (nSPS) is 20.1. The largest absolute Gasteiger partial charge is 0.455 e. The molecule has 0 radical (unpaired) electrons. The molecule has 3 aromatic heterocycles. The molecule has 0 N–H and O–H groups in total. The molecular weight excluding hydrogens is 548 g/mol. The van der Waals surface area contributed by atoms with Crippen molar-refractivity contribution in [2.45, 2.75) is 0 Å². The molecule has 0 fully saturated rings. The summed E-state index contributed by atoms with van der Waals surface area (Å²) in [6, 6.07) is -22.7. The molecule has 3 nitrogen and oxygen atoms in total. The molecule has 0 bridgehead atoms. The average Bonchev–Trinajstić information content (AvgIpc) is 4.03. The van der Waals surface area contributed by atoms with Crippen molar-refractivity contribution < 1.29 is 40.1 Å². The molecule has 0 aliphatic heterocycles. The first kappa shape index (κ1) is 10.3. The Labute approximate surface area is 295 Å². The standard InChI is InChI=1S/C42H26N2O/c1-2-12-27(13-3-1)29-23-25-39(41-33-17-7-11-21-40(33)45-42(29)41)44-37-20-10-6-16-32(37)34-26-28(22-24-38(34)44)43-35-18-8-4-14-30(35)31-15-5-9-19-36(31)43/h1-26H/i1D,2D,3D,4D,5D,6D,7D,8D,9D,10D,11D,12D,13D,14D,15D,16D,17D,18D,19D,20D,21D,22D,23D,24D,25D,26D. The van der Waals surface area contributed by atoms with Gasteiger partial charge < -0.3 is 13.6 Å². The van der Waals surface area contributed by atoms with Crippen molar-refractivity contribution in [1.29, 1.82) is 0 Å². The summed E-state index contributed by atoms with van der Waals surface area (Å²) in [5, 5.41) is -3.19. The topological polar surface area (TPSA) is 23.0 Å². The fourth-order valence-corrected chi connectivity index (χ4v) is 5.67. The van der Waals surface area contributed by atoms with Crippen molar-refractivity contribution in [2.75, 3.05) is 0 Å². The van der Waals surface area contributed by atoms with E-state index in [1.807, 2.05) is 0 Å². The minimum Gasteiger partial charge on any atom is -0.455 e. The lowest BCUT2D eigenvalue weighted by molar-refractivity contribution is 0.670. The number of aromatic nitrogens is 2. The number of nitrogens with zero attached hydrogens (tertiary/aromatic N) is 2. The lowest BCUT2D eigenvalue weighted by Crippen LogP contribution is -1.97. The zero-order valence-electron chi connectivity index (χ0n) is 48.3. The van der Waals surface area contributed by atoms with E-state index >= 15 is 0 Å². The van der Waals surface area contributed by atoms with Gasteiger partial charge in [-0.15, -0.1) is 0 Å². The first-order valence-electron chi connectivity index (χ1n) is 26.2. The fourth-order valence-electron chi connectivity index (χ4n) is 5.67. The number of benzene rings is 7. The molecule has 0 saturated carbocycles. The molecule has 3 heterocycles. The number of furan rings is 1. The summed E-state index contributed by atoms with van der Waals surface area (Å²) in [5.74, 6) is 0. The van der Waals surface area contributed by atoms with Crippen LogP contribution in [0.1, 0.15) is 35.6 Å². The molecule has 3 heteroatoms. The summed E-state index contributed by atoms with van der Waals surface area (Å²) in [6.45, 7) is 0. The van der Waals surface area contributed by atoms with Crippen LogP contribution < -0.4 is 0 Å². The zero-order valence-corrected chi connectivity index (χ0v) is 22.3. The summed E-state index contributed by atoms with van der Waals surface area (Å²) >= 11 is 0. The van der Waals surface area contributed by atoms with E-state index in [-0.39, 0.29) is 0 Å². The Bertz CT molecular complexity index is 4140. The third-order valence-electron chi connectivity index (χ3n) is 7.48. The number of fused-ring (bicyclic) bond motifs is 9. The van der Waals surface area contributed by atoms with E-state index in [4.69, 9.17) is 30.5 Å². The molecule has 0 unspecified atom stereocenters. The van der Waals surface area contributed by atoms with Crippen LogP contribution in [0.15, 0.2) is 162 Å². The summed E-state index contributed by atoms with van der Waals surface area (Å²) in [5.41, 5.74) is -6.57. The molecular formula is C42H26N2O. The van der Waals surface area contributed by atoms with E-state index in [2.05, 4.69) is 0 Å². The predicted octanol–water partition coefficient (Wildman–Crippen LogP) is 11.4. The van der Waals surface area contributed by atoms with E-state index < -0.39 is 245 Å². The molecule has 0 saturated heterocycles. The van der Waals surface area contributed by atoms with E-state index in [9.17, 15) is 9.60 Å². The summed E-state index contributed by atoms with van der Waals surface area (Å²) in [4.78, 5) is 0. The zero-order chi connectivity index (χ0) is 52.1. The lowest BCUT2D eigenvalue weighted by atomic mass is 10.0. The SMILES string of the molecule is [2H]c1c([2H])c([2H])c(-c2c([2H])c([2H])c(-n3c4c([2H])c([2H])c([2H])c([2H])c4c4c([2H])c(-n5c6c([2H])c([2H])c([2H])c([2H])c6c6c([2H])c([2H])c([2H])c([2H])c65)c([2H])c([2H])c43)c3c2oc2c([2H])c([2H])c([2H])c([2H])c23)c([2H])c1[2H]. The highest BCUT2D eigenvalue weighted by molar-refractivity contribution is 6.17. The average molecular weight is 601 g/mol. The van der Waals surface area contributed by atoms with Gasteiger partial charge in [-0.2, -0.15) is 0 Å². The van der Waals surface area contributed by atoms with Gasteiger partial charge in [0.25, 0.3) is 0 Å². The fraction of sp³-hybridized carbons (Fsp3) is 0. The minimum atomic E-state index is -1.01. The highest BCUT2D eigenvalue weighted by Crippen LogP contribution is 2.43. The molecule has 45 heavy (non-hydrogen) atoms. The van der Waals surface area contributed by atoms with Crippen molar-refractivity contribution in [3.63, 3.8) is 0 Å². The Morgan fingerprint density at radius 1 is 0.444 bits per heavy atom. The Morgan fingerprint density at radius 2 is 1.00 bits per heavy atom. The maximum absolute atomic E-state index is 9.95. The summed E-state index contributed by atoms with van der Waals surface area (Å²) < 4.78 is 240. The van der Waals surface area contributed by atoms with E-state index in [1.165, 1.54) is 0 Å². The van der Waals surface area contributed by atoms with Crippen molar-refractivity contribution >= 4 is 65.6 Å². The van der Waals surface area contributed by atoms with Crippen molar-refractivity contribution in [2.24, 2.45) is 0 Å². The number of rotatable bonds is 3. The smallest absolute Gasteiger partial charge is 0.145 e. The van der Waals surface area contributed by atoms with E-state index in [1.54, 1.807) is 0 Å². The van der Waals surface area contributed by atoms with Gasteiger partial charge in [-0.25, -0.2) is 0 Å². The van der Waals surface area contributed by atoms with Crippen LogP contribution in [0.4, 0.5) is 0 Å². The molecule has 210 valence electrons. The molecule has 0 aliphatic rings. The molecule has 10 aromatic rings. The third-order valence-corrected chi connectivity index (χ3v) is 7.48. The van der Waals surface area contributed by atoms with Crippen LogP contribution in [0.25, 0.3) is 88.1 Å². The van der Waals surface area contributed by atoms with Gasteiger partial charge in [-0.3, -0.25) is 0 Å². The van der Waals surface area contributed by atoms with Gasteiger partial charge in [-0.05, 0) is 59.9 Å². The Kier molecular flexibility index (Phi) is 2.10. The van der Waals surface area contributed by atoms with Gasteiger partial charge in [0.15, 0.2) is 0 Å². The first-order valence-corrected chi connectivity index (χ1v) is 13.2. The van der Waals surface area contributed by atoms with Crippen LogP contribution in [0, 0.1) is 0 Å². The minimum absolute atomic E-state index is 0.451. The van der Waals surface area contributed by atoms with E-state index in [0.29, 0.717) is 0 Å². The van der Waals surface area contributed by atoms with Gasteiger partial charge in [0.1, 0.15) is 11.2 Å². The number of para-hydroxylation sites is 4. The van der Waals surface area contributed by atoms with Crippen LogP contribution in [0.3, 0.4) is 0 Å². The third kappa shape index (κ3) is 3.41. The maximum atomic E-state index is 9.95. The number of hydrogen-bond acceptors (Lipinski definition) is 1. The van der Waals surface area contributed by atoms with Crippen LogP contribution in [0.5, 0.6) is 0 Å². The number of hydrogen-bond donors (Lipinski definition) is 0. The summed E-state index contributed by atoms with van der Waals surface area (Å²) in [7, 11) is 0. The second-order valence-corrected chi connectivity index (χ2v) is 9.77. The highest BCUT2D eigenvalue weighted by atomic mass is 16.3. The van der Waals surface area contributed by atoms with Crippen molar-refractivity contribution in [3.8, 4) is 22.5 Å². The van der Waals surface area contributed by atoms with Gasteiger partial charge in [-0.1, -0.05) is 103 Å². The monoisotopic (exact) mass is 600 g/mol. The van der Waals surface area contributed by atoms with Crippen LogP contribution >= 0.6 is 0 Å². The quantitative estimate of drug-likeness (QED) is 0.198. The lowest BCUT2D eigenvalue weighted by Gasteiger charge is -2.13. The van der Waals surface area contributed by atoms with Crippen molar-refractivity contribution in [1.82, 2.24) is 9.13 Å². The maximum Gasteiger partial charge on any atom is 0.145 e. The highest BCUT2D eigenvalue weighted by Gasteiger charge is 2.21. The first-order chi connectivity index (χ1) is 33.2. The summed E-state index contributed by atoms with van der Waals surface area (Å²) in [6.07, 6.45) is 0. The van der Waals surface area contributed by atoms with Crippen molar-refractivity contribution in [3.05, 3.63) is 157 Å². The second kappa shape index (κ2) is 9.22. The predicted molar refractivity (Wildman–Crippen MR) is 188 cm³/mol. The Hall–Kier alpha value is -6.06. The van der Waals surface area contributed by atoms with Crippen LogP contribution in [-0.2, 0) is 0 Å².